The van der Waals surface area contributed by atoms with E-state index in [1.165, 1.54) is 24.1 Å². The van der Waals surface area contributed by atoms with Crippen LogP contribution in [0.3, 0.4) is 0 Å². The molecule has 3 aromatic rings. The summed E-state index contributed by atoms with van der Waals surface area (Å²) in [7, 11) is 1.41. The van der Waals surface area contributed by atoms with Gasteiger partial charge in [-0.2, -0.15) is 0 Å². The van der Waals surface area contributed by atoms with Crippen LogP contribution < -0.4 is 26.1 Å². The predicted octanol–water partition coefficient (Wildman–Crippen LogP) is 2.04. The first-order chi connectivity index (χ1) is 15.7. The number of benzene rings is 1. The lowest BCUT2D eigenvalue weighted by atomic mass is 10.1. The standard InChI is InChI=1S/C22H26N6O5/c1-5-28-20(31)15-6-7-16(33-11-14(29)8-12(2)3)18(32-4)17(15)26-22(28)27-19(30)13-9-24-21(23)25-10-13/h6-7,9-10,12H,5,8,11H2,1-4H3,(H2,23,24,25)(H,26,27,30). The minimum Gasteiger partial charge on any atom is -0.491 e. The number of nitrogens with one attached hydrogen (secondary N) is 1. The third kappa shape index (κ3) is 5.25. The monoisotopic (exact) mass is 454 g/mol. The lowest BCUT2D eigenvalue weighted by Crippen LogP contribution is -2.27. The molecule has 0 bridgehead atoms. The molecular formula is C22H26N6O5. The molecule has 3 rings (SSSR count). The molecule has 1 amide bonds. The summed E-state index contributed by atoms with van der Waals surface area (Å²) in [6, 6.07) is 3.12. The second-order valence-corrected chi connectivity index (χ2v) is 7.69. The Morgan fingerprint density at radius 1 is 1.21 bits per heavy atom. The van der Waals surface area contributed by atoms with Gasteiger partial charge in [-0.15, -0.1) is 0 Å². The van der Waals surface area contributed by atoms with E-state index in [4.69, 9.17) is 15.2 Å². The maximum absolute atomic E-state index is 13.1. The summed E-state index contributed by atoms with van der Waals surface area (Å²) in [5.74, 6) is 0.109. The van der Waals surface area contributed by atoms with Crippen LogP contribution in [-0.2, 0) is 11.3 Å². The first kappa shape index (κ1) is 23.6. The Labute approximate surface area is 190 Å². The molecule has 0 fully saturated rings. The van der Waals surface area contributed by atoms with Gasteiger partial charge in [0.05, 0.1) is 18.1 Å². The van der Waals surface area contributed by atoms with E-state index in [2.05, 4.69) is 20.3 Å². The maximum Gasteiger partial charge on any atom is 0.262 e. The van der Waals surface area contributed by atoms with E-state index in [1.54, 1.807) is 19.1 Å². The zero-order chi connectivity index (χ0) is 24.1. The zero-order valence-corrected chi connectivity index (χ0v) is 18.9. The Hall–Kier alpha value is -4.02. The highest BCUT2D eigenvalue weighted by atomic mass is 16.5. The van der Waals surface area contributed by atoms with Crippen LogP contribution in [0.4, 0.5) is 11.9 Å². The van der Waals surface area contributed by atoms with Crippen LogP contribution in [0.15, 0.2) is 29.3 Å². The predicted molar refractivity (Wildman–Crippen MR) is 123 cm³/mol. The van der Waals surface area contributed by atoms with Crippen LogP contribution in [0, 0.1) is 5.92 Å². The number of carbonyl (C=O) groups is 2. The number of ether oxygens (including phenoxy) is 2. The van der Waals surface area contributed by atoms with Crippen LogP contribution in [0.1, 0.15) is 37.6 Å². The lowest BCUT2D eigenvalue weighted by molar-refractivity contribution is -0.121. The Morgan fingerprint density at radius 3 is 2.52 bits per heavy atom. The molecule has 0 saturated carbocycles. The normalized spacial score (nSPS) is 10.9. The molecule has 0 aliphatic heterocycles. The van der Waals surface area contributed by atoms with Gasteiger partial charge in [0.25, 0.3) is 11.5 Å². The first-order valence-corrected chi connectivity index (χ1v) is 10.4. The van der Waals surface area contributed by atoms with Gasteiger partial charge < -0.3 is 15.2 Å². The van der Waals surface area contributed by atoms with Gasteiger partial charge in [-0.3, -0.25) is 24.3 Å². The van der Waals surface area contributed by atoms with Crippen molar-refractivity contribution < 1.29 is 19.1 Å². The number of carbonyl (C=O) groups excluding carboxylic acids is 2. The van der Waals surface area contributed by atoms with Gasteiger partial charge in [0.15, 0.2) is 17.3 Å². The summed E-state index contributed by atoms with van der Waals surface area (Å²) in [5, 5.41) is 2.90. The Bertz CT molecular complexity index is 1240. The van der Waals surface area contributed by atoms with Gasteiger partial charge in [-0.25, -0.2) is 15.0 Å². The van der Waals surface area contributed by atoms with Gasteiger partial charge in [0.2, 0.25) is 11.9 Å². The van der Waals surface area contributed by atoms with Crippen molar-refractivity contribution in [1.82, 2.24) is 19.5 Å². The first-order valence-electron chi connectivity index (χ1n) is 10.4. The van der Waals surface area contributed by atoms with Gasteiger partial charge in [0, 0.05) is 25.4 Å². The molecule has 0 radical (unpaired) electrons. The number of methoxy groups -OCH3 is 1. The SMILES string of the molecule is CCn1c(NC(=O)c2cnc(N)nc2)nc2c(OC)c(OCC(=O)CC(C)C)ccc2c1=O. The second kappa shape index (κ2) is 10.1. The third-order valence-corrected chi connectivity index (χ3v) is 4.75. The summed E-state index contributed by atoms with van der Waals surface area (Å²) in [4.78, 5) is 49.9. The molecule has 3 N–H and O–H groups in total. The van der Waals surface area contributed by atoms with Crippen LogP contribution in [0.5, 0.6) is 11.5 Å². The quantitative estimate of drug-likeness (QED) is 0.495. The van der Waals surface area contributed by atoms with Gasteiger partial charge >= 0.3 is 0 Å². The molecular weight excluding hydrogens is 428 g/mol. The van der Waals surface area contributed by atoms with E-state index in [9.17, 15) is 14.4 Å². The summed E-state index contributed by atoms with van der Waals surface area (Å²) < 4.78 is 12.4. The maximum atomic E-state index is 13.1. The largest absolute Gasteiger partial charge is 0.491 e. The smallest absolute Gasteiger partial charge is 0.262 e. The number of amides is 1. The molecule has 11 nitrogen and oxygen atoms in total. The van der Waals surface area contributed by atoms with Crippen LogP contribution >= 0.6 is 0 Å². The zero-order valence-electron chi connectivity index (χ0n) is 18.9. The molecule has 0 atom stereocenters. The van der Waals surface area contributed by atoms with Crippen molar-refractivity contribution in [3.8, 4) is 11.5 Å². The fourth-order valence-corrected chi connectivity index (χ4v) is 3.25. The van der Waals surface area contributed by atoms with Crippen LogP contribution in [0.2, 0.25) is 0 Å². The average Bonchev–Trinajstić information content (AvgIpc) is 2.77. The third-order valence-electron chi connectivity index (χ3n) is 4.75. The molecule has 1 aromatic carbocycles. The second-order valence-electron chi connectivity index (χ2n) is 7.69. The van der Waals surface area contributed by atoms with E-state index in [-0.39, 0.29) is 70.3 Å². The topological polar surface area (TPSA) is 151 Å². The van der Waals surface area contributed by atoms with E-state index in [1.807, 2.05) is 13.8 Å². The molecule has 174 valence electrons. The number of fused-ring (bicyclic) bond motifs is 1. The molecule has 2 heterocycles. The van der Waals surface area contributed by atoms with E-state index >= 15 is 0 Å². The highest BCUT2D eigenvalue weighted by molar-refractivity contribution is 6.03. The molecule has 0 spiro atoms. The number of anilines is 2. The fraction of sp³-hybridized carbons (Fsp3) is 0.364. The van der Waals surface area contributed by atoms with Crippen molar-refractivity contribution in [2.45, 2.75) is 33.7 Å². The van der Waals surface area contributed by atoms with Crippen molar-refractivity contribution in [2.75, 3.05) is 24.8 Å². The fourth-order valence-electron chi connectivity index (χ4n) is 3.25. The molecule has 0 aliphatic rings. The number of nitrogens with zero attached hydrogens (tertiary/aromatic N) is 4. The highest BCUT2D eigenvalue weighted by Crippen LogP contribution is 2.34. The van der Waals surface area contributed by atoms with Gasteiger partial charge in [-0.05, 0) is 25.0 Å². The van der Waals surface area contributed by atoms with Crippen molar-refractivity contribution in [3.05, 3.63) is 40.4 Å². The highest BCUT2D eigenvalue weighted by Gasteiger charge is 2.20. The van der Waals surface area contributed by atoms with E-state index < -0.39 is 5.91 Å². The van der Waals surface area contributed by atoms with Gasteiger partial charge in [0.1, 0.15) is 12.1 Å². The number of rotatable bonds is 9. The molecule has 0 aliphatic carbocycles. The molecule has 33 heavy (non-hydrogen) atoms. The molecule has 11 heteroatoms. The number of hydrogen-bond acceptors (Lipinski definition) is 9. The van der Waals surface area contributed by atoms with Crippen molar-refractivity contribution >= 4 is 34.5 Å². The Balaban J connectivity index is 2.01. The van der Waals surface area contributed by atoms with Crippen molar-refractivity contribution in [1.29, 1.82) is 0 Å². The number of nitrogen functional groups attached to an aromatic ring is 1. The summed E-state index contributed by atoms with van der Waals surface area (Å²) in [6.07, 6.45) is 2.93. The summed E-state index contributed by atoms with van der Waals surface area (Å²) in [6.45, 7) is 5.78. The van der Waals surface area contributed by atoms with Crippen LogP contribution in [0.25, 0.3) is 10.9 Å². The minimum absolute atomic E-state index is 0.0168. The summed E-state index contributed by atoms with van der Waals surface area (Å²) >= 11 is 0. The van der Waals surface area contributed by atoms with E-state index in [0.29, 0.717) is 6.42 Å². The number of nitrogens with two attached hydrogens (primary N) is 1. The minimum atomic E-state index is -0.561. The Kier molecular flexibility index (Phi) is 7.21. The molecule has 0 unspecified atom stereocenters. The van der Waals surface area contributed by atoms with E-state index in [0.717, 1.165) is 0 Å². The van der Waals surface area contributed by atoms with Crippen molar-refractivity contribution in [2.24, 2.45) is 5.92 Å². The molecule has 2 aromatic heterocycles. The van der Waals surface area contributed by atoms with Gasteiger partial charge in [-0.1, -0.05) is 13.8 Å². The summed E-state index contributed by atoms with van der Waals surface area (Å²) in [5.41, 5.74) is 5.44. The van der Waals surface area contributed by atoms with Crippen LogP contribution in [-0.4, -0.2) is 44.9 Å². The molecule has 0 saturated heterocycles. The lowest BCUT2D eigenvalue weighted by Gasteiger charge is -2.16. The average molecular weight is 454 g/mol. The number of ketones is 1. The Morgan fingerprint density at radius 2 is 1.91 bits per heavy atom. The number of hydrogen-bond donors (Lipinski definition) is 2. The van der Waals surface area contributed by atoms with Crippen molar-refractivity contribution in [3.63, 3.8) is 0 Å². The number of Topliss-reactive ketones (excluding diaryl/α,β-unsaturated/α-hetero) is 1. The number of aromatic nitrogens is 4.